The number of rotatable bonds is 1. The van der Waals surface area contributed by atoms with Gasteiger partial charge in [0.1, 0.15) is 0 Å². The highest BCUT2D eigenvalue weighted by atomic mass is 16.4. The summed E-state index contributed by atoms with van der Waals surface area (Å²) in [5.74, 6) is -0.635. The van der Waals surface area contributed by atoms with E-state index in [-0.39, 0.29) is 37.5 Å². The minimum absolute atomic E-state index is 0.114. The van der Waals surface area contributed by atoms with E-state index in [1.165, 1.54) is 0 Å². The lowest BCUT2D eigenvalue weighted by Crippen LogP contribution is -2.66. The van der Waals surface area contributed by atoms with E-state index >= 15 is 0 Å². The van der Waals surface area contributed by atoms with E-state index in [0.29, 0.717) is 0 Å². The molecule has 0 bridgehead atoms. The van der Waals surface area contributed by atoms with E-state index < -0.39 is 11.4 Å². The molecule has 2 heterocycles. The third-order valence-electron chi connectivity index (χ3n) is 2.80. The molecule has 2 unspecified atom stereocenters. The second-order valence-electron chi connectivity index (χ2n) is 3.82. The number of hydrogen-bond acceptors (Lipinski definition) is 4. The zero-order chi connectivity index (χ0) is 10.4. The summed E-state index contributed by atoms with van der Waals surface area (Å²) in [6, 6.07) is 0. The van der Waals surface area contributed by atoms with Gasteiger partial charge in [0.2, 0.25) is 11.8 Å². The normalized spacial score (nSPS) is 42.4. The van der Waals surface area contributed by atoms with Crippen LogP contribution in [-0.4, -0.2) is 33.5 Å². The Morgan fingerprint density at radius 2 is 1.29 bits per heavy atom. The van der Waals surface area contributed by atoms with Crippen LogP contribution in [0.4, 0.5) is 0 Å². The zero-order valence-corrected chi connectivity index (χ0v) is 7.54. The molecule has 0 saturated carbocycles. The lowest BCUT2D eigenvalue weighted by atomic mass is 9.96. The Labute approximate surface area is 80.3 Å². The van der Waals surface area contributed by atoms with Crippen LogP contribution in [0.15, 0.2) is 0 Å². The van der Waals surface area contributed by atoms with Gasteiger partial charge in [-0.3, -0.25) is 9.59 Å². The molecular formula is C8H12N2O4. The Morgan fingerprint density at radius 1 is 0.929 bits per heavy atom. The molecule has 2 aliphatic rings. The van der Waals surface area contributed by atoms with Gasteiger partial charge in [-0.2, -0.15) is 0 Å². The van der Waals surface area contributed by atoms with E-state index in [2.05, 4.69) is 10.6 Å². The maximum absolute atomic E-state index is 10.9. The van der Waals surface area contributed by atoms with Crippen molar-refractivity contribution in [1.29, 1.82) is 0 Å². The molecule has 2 aliphatic heterocycles. The minimum Gasteiger partial charge on any atom is -0.367 e. The maximum atomic E-state index is 10.9. The summed E-state index contributed by atoms with van der Waals surface area (Å²) in [5, 5.41) is 24.5. The van der Waals surface area contributed by atoms with Crippen molar-refractivity contribution in [2.24, 2.45) is 0 Å². The standard InChI is InChI=1S/C8H12N2O4/c11-5-1-3-7(13,9-5)8(14)4-2-6(12)10-8/h13-14H,1-4H2,(H,9,11)(H,10,12). The fourth-order valence-corrected chi connectivity index (χ4v) is 1.92. The Hall–Kier alpha value is -1.14. The average Bonchev–Trinajstić information content (AvgIpc) is 2.59. The quantitative estimate of drug-likeness (QED) is 0.400. The van der Waals surface area contributed by atoms with E-state index in [4.69, 9.17) is 0 Å². The van der Waals surface area contributed by atoms with Crippen molar-refractivity contribution in [2.45, 2.75) is 37.1 Å². The number of nitrogens with one attached hydrogen (secondary N) is 2. The number of aliphatic hydroxyl groups is 2. The maximum Gasteiger partial charge on any atom is 0.222 e. The monoisotopic (exact) mass is 200 g/mol. The largest absolute Gasteiger partial charge is 0.367 e. The van der Waals surface area contributed by atoms with Gasteiger partial charge >= 0.3 is 0 Å². The van der Waals surface area contributed by atoms with Crippen molar-refractivity contribution in [3.63, 3.8) is 0 Å². The SMILES string of the molecule is O=C1CCC(O)(C2(O)CCC(=O)N2)N1. The number of carbonyl (C=O) groups excluding carboxylic acids is 2. The molecule has 0 aromatic heterocycles. The highest BCUT2D eigenvalue weighted by Gasteiger charge is 2.56. The molecule has 2 rings (SSSR count). The van der Waals surface area contributed by atoms with Gasteiger partial charge < -0.3 is 20.8 Å². The zero-order valence-electron chi connectivity index (χ0n) is 7.54. The summed E-state index contributed by atoms with van der Waals surface area (Å²) in [6.45, 7) is 0. The van der Waals surface area contributed by atoms with Crippen molar-refractivity contribution >= 4 is 11.8 Å². The topological polar surface area (TPSA) is 98.7 Å². The molecule has 2 atom stereocenters. The predicted octanol–water partition coefficient (Wildman–Crippen LogP) is -1.82. The van der Waals surface area contributed by atoms with Gasteiger partial charge in [0.05, 0.1) is 0 Å². The lowest BCUT2D eigenvalue weighted by molar-refractivity contribution is -0.175. The van der Waals surface area contributed by atoms with Crippen LogP contribution in [0.25, 0.3) is 0 Å². The van der Waals surface area contributed by atoms with Crippen molar-refractivity contribution in [3.8, 4) is 0 Å². The molecule has 6 heteroatoms. The molecule has 0 spiro atoms. The van der Waals surface area contributed by atoms with Crippen LogP contribution in [0.1, 0.15) is 25.7 Å². The van der Waals surface area contributed by atoms with Crippen molar-refractivity contribution in [3.05, 3.63) is 0 Å². The van der Waals surface area contributed by atoms with Crippen LogP contribution in [0.3, 0.4) is 0 Å². The molecule has 0 aromatic rings. The summed E-state index contributed by atoms with van der Waals surface area (Å²) >= 11 is 0. The molecule has 14 heavy (non-hydrogen) atoms. The van der Waals surface area contributed by atoms with Crippen LogP contribution in [0.5, 0.6) is 0 Å². The van der Waals surface area contributed by atoms with E-state index in [9.17, 15) is 19.8 Å². The Kier molecular flexibility index (Phi) is 1.80. The number of carbonyl (C=O) groups is 2. The van der Waals surface area contributed by atoms with Crippen LogP contribution >= 0.6 is 0 Å². The van der Waals surface area contributed by atoms with Crippen LogP contribution in [0, 0.1) is 0 Å². The molecule has 2 fully saturated rings. The summed E-state index contributed by atoms with van der Waals surface area (Å²) in [6.07, 6.45) is 0.550. The molecule has 0 radical (unpaired) electrons. The average molecular weight is 200 g/mol. The minimum atomic E-state index is -1.71. The van der Waals surface area contributed by atoms with Gasteiger partial charge in [0.25, 0.3) is 0 Å². The second-order valence-corrected chi connectivity index (χ2v) is 3.82. The highest BCUT2D eigenvalue weighted by Crippen LogP contribution is 2.33. The molecular weight excluding hydrogens is 188 g/mol. The third-order valence-corrected chi connectivity index (χ3v) is 2.80. The third kappa shape index (κ3) is 1.18. The van der Waals surface area contributed by atoms with Crippen molar-refractivity contribution in [2.75, 3.05) is 0 Å². The molecule has 78 valence electrons. The summed E-state index contributed by atoms with van der Waals surface area (Å²) in [4.78, 5) is 21.9. The first-order valence-corrected chi connectivity index (χ1v) is 4.52. The first-order valence-electron chi connectivity index (χ1n) is 4.52. The number of hydrogen-bond donors (Lipinski definition) is 4. The van der Waals surface area contributed by atoms with Gasteiger partial charge in [-0.15, -0.1) is 0 Å². The molecule has 0 aliphatic carbocycles. The van der Waals surface area contributed by atoms with Crippen molar-refractivity contribution < 1.29 is 19.8 Å². The van der Waals surface area contributed by atoms with E-state index in [0.717, 1.165) is 0 Å². The molecule has 4 N–H and O–H groups in total. The second kappa shape index (κ2) is 2.68. The Morgan fingerprint density at radius 3 is 1.50 bits per heavy atom. The summed E-state index contributed by atoms with van der Waals surface area (Å²) in [7, 11) is 0. The fraction of sp³-hybridized carbons (Fsp3) is 0.750. The molecule has 2 saturated heterocycles. The van der Waals surface area contributed by atoms with Gasteiger partial charge in [0, 0.05) is 25.7 Å². The first kappa shape index (κ1) is 9.42. The summed E-state index contributed by atoms with van der Waals surface area (Å²) < 4.78 is 0. The van der Waals surface area contributed by atoms with Gasteiger partial charge in [-0.25, -0.2) is 0 Å². The summed E-state index contributed by atoms with van der Waals surface area (Å²) in [5.41, 5.74) is -3.42. The first-order chi connectivity index (χ1) is 6.45. The van der Waals surface area contributed by atoms with Crippen LogP contribution < -0.4 is 10.6 Å². The van der Waals surface area contributed by atoms with E-state index in [1.807, 2.05) is 0 Å². The Balaban J connectivity index is 2.21. The van der Waals surface area contributed by atoms with Crippen LogP contribution in [0.2, 0.25) is 0 Å². The van der Waals surface area contributed by atoms with E-state index in [1.54, 1.807) is 0 Å². The molecule has 6 nitrogen and oxygen atoms in total. The van der Waals surface area contributed by atoms with Gasteiger partial charge in [-0.05, 0) is 0 Å². The van der Waals surface area contributed by atoms with Crippen molar-refractivity contribution in [1.82, 2.24) is 10.6 Å². The molecule has 2 amide bonds. The number of amides is 2. The lowest BCUT2D eigenvalue weighted by Gasteiger charge is -2.37. The smallest absolute Gasteiger partial charge is 0.222 e. The highest BCUT2D eigenvalue weighted by molar-refractivity contribution is 5.82. The predicted molar refractivity (Wildman–Crippen MR) is 44.7 cm³/mol. The fourth-order valence-electron chi connectivity index (χ4n) is 1.92. The Bertz CT molecular complexity index is 276. The van der Waals surface area contributed by atoms with Crippen LogP contribution in [-0.2, 0) is 9.59 Å². The molecule has 0 aromatic carbocycles. The van der Waals surface area contributed by atoms with Gasteiger partial charge in [-0.1, -0.05) is 0 Å². The van der Waals surface area contributed by atoms with Gasteiger partial charge in [0.15, 0.2) is 11.4 Å².